The third kappa shape index (κ3) is 12.0. The summed E-state index contributed by atoms with van der Waals surface area (Å²) in [6.07, 6.45) is 8.05. The lowest BCUT2D eigenvalue weighted by molar-refractivity contribution is -0.116. The van der Waals surface area contributed by atoms with Crippen molar-refractivity contribution in [1.82, 2.24) is 15.1 Å². The number of phenolic OH excluding ortho intramolecular Hbond substituents is 1. The van der Waals surface area contributed by atoms with Gasteiger partial charge >= 0.3 is 11.9 Å². The van der Waals surface area contributed by atoms with Crippen molar-refractivity contribution in [3.63, 3.8) is 0 Å². The molecule has 5 bridgehead atoms. The van der Waals surface area contributed by atoms with Gasteiger partial charge in [0.1, 0.15) is 47.2 Å². The largest absolute Gasteiger partial charge is 0.507 e. The average molecular weight is 1090 g/mol. The van der Waals surface area contributed by atoms with Crippen molar-refractivity contribution in [3.05, 3.63) is 112 Å². The second-order valence-corrected chi connectivity index (χ2v) is 23.5. The van der Waals surface area contributed by atoms with Crippen LogP contribution < -0.4 is 14.8 Å². The van der Waals surface area contributed by atoms with Crippen LogP contribution in [0.3, 0.4) is 0 Å². The smallest absolute Gasteiger partial charge is 0.416 e. The van der Waals surface area contributed by atoms with Gasteiger partial charge in [-0.1, -0.05) is 92.3 Å². The van der Waals surface area contributed by atoms with Crippen LogP contribution in [0.5, 0.6) is 17.2 Å². The van der Waals surface area contributed by atoms with Crippen molar-refractivity contribution < 1.29 is 62.8 Å². The van der Waals surface area contributed by atoms with Gasteiger partial charge in [0.15, 0.2) is 8.46 Å². The lowest BCUT2D eigenvalue weighted by Gasteiger charge is -2.43. The molecule has 8 rings (SSSR count). The Balaban J connectivity index is 1.33. The van der Waals surface area contributed by atoms with E-state index in [4.69, 9.17) is 23.9 Å². The molecule has 6 aliphatic rings. The van der Waals surface area contributed by atoms with E-state index in [1.165, 1.54) is 31.1 Å². The Hall–Kier alpha value is -6.26. The molecule has 4 N–H and O–H groups in total. The molecule has 0 radical (unpaired) electrons. The van der Waals surface area contributed by atoms with Crippen LogP contribution in [0.1, 0.15) is 139 Å². The van der Waals surface area contributed by atoms with Gasteiger partial charge in [-0.15, -0.1) is 0 Å². The van der Waals surface area contributed by atoms with Crippen LogP contribution in [-0.2, 0) is 30.2 Å². The number of allylic oxidation sites excluding steroid dienone is 6. The fourth-order valence-electron chi connectivity index (χ4n) is 11.2. The number of ketones is 2. The molecule has 5 aliphatic heterocycles. The summed E-state index contributed by atoms with van der Waals surface area (Å²) in [7, 11) is -0.231. The molecule has 5 heterocycles. The maximum absolute atomic E-state index is 15.4. The molecule has 2 amide bonds. The highest BCUT2D eigenvalue weighted by Crippen LogP contribution is 2.53. The monoisotopic (exact) mass is 1090 g/mol. The van der Waals surface area contributed by atoms with Gasteiger partial charge in [-0.25, -0.2) is 9.69 Å². The van der Waals surface area contributed by atoms with Gasteiger partial charge in [0, 0.05) is 74.4 Å². The number of amides is 2. The first-order chi connectivity index (χ1) is 36.9. The Morgan fingerprint density at radius 1 is 0.949 bits per heavy atom. The molecular weight excluding hydrogens is 1020 g/mol. The number of fused-ring (bicyclic) bond motifs is 13. The summed E-state index contributed by atoms with van der Waals surface area (Å²) in [6.45, 7) is 26.0. The minimum atomic E-state index is -1.99. The van der Waals surface area contributed by atoms with E-state index < -0.39 is 70.5 Å². The van der Waals surface area contributed by atoms with Crippen LogP contribution in [0.4, 0.5) is 4.79 Å². The molecule has 2 aromatic carbocycles. The number of benzene rings is 2. The second-order valence-electron chi connectivity index (χ2n) is 22.6. The van der Waals surface area contributed by atoms with E-state index in [0.29, 0.717) is 61.6 Å². The number of aliphatic hydroxyl groups is 2. The van der Waals surface area contributed by atoms with Crippen molar-refractivity contribution in [2.75, 3.05) is 19.6 Å². The summed E-state index contributed by atoms with van der Waals surface area (Å²) >= 11 is 0. The fraction of sp³-hybridized carbons (Fsp3) is 0.533. The Bertz CT molecular complexity index is 2840. The summed E-state index contributed by atoms with van der Waals surface area (Å²) in [6, 6.07) is 6.81. The van der Waals surface area contributed by atoms with E-state index in [-0.39, 0.29) is 102 Å². The predicted molar refractivity (Wildman–Crippen MR) is 295 cm³/mol. The summed E-state index contributed by atoms with van der Waals surface area (Å²) in [4.78, 5) is 80.3. The zero-order valence-electron chi connectivity index (χ0n) is 46.8. The van der Waals surface area contributed by atoms with Gasteiger partial charge in [-0.3, -0.25) is 23.9 Å². The number of aliphatic hydroxyl groups excluding tert-OH is 2. The Labute approximate surface area is 459 Å². The fourth-order valence-corrected chi connectivity index (χ4v) is 11.5. The summed E-state index contributed by atoms with van der Waals surface area (Å²) in [5.41, 5.74) is -2.09. The zero-order chi connectivity index (χ0) is 57.1. The highest BCUT2D eigenvalue weighted by Gasteiger charge is 2.58. The van der Waals surface area contributed by atoms with E-state index in [1.54, 1.807) is 43.3 Å². The number of piperidine rings is 1. The number of hydrogen-bond acceptors (Lipinski definition) is 15. The predicted octanol–water partition coefficient (Wildman–Crippen LogP) is 9.91. The third-order valence-corrected chi connectivity index (χ3v) is 17.3. The molecule has 10 atom stereocenters. The number of nitrogens with one attached hydrogen (secondary N) is 1. The summed E-state index contributed by atoms with van der Waals surface area (Å²) < 4.78 is 35.8. The number of aldehydes is 1. The van der Waals surface area contributed by atoms with Crippen molar-refractivity contribution in [2.45, 2.75) is 144 Å². The molecule has 78 heavy (non-hydrogen) atoms. The molecule has 420 valence electrons. The first kappa shape index (κ1) is 59.4. The Morgan fingerprint density at radius 2 is 1.63 bits per heavy atom. The highest BCUT2D eigenvalue weighted by atomic mass is 31.1. The molecule has 18 heteroatoms. The van der Waals surface area contributed by atoms with Gasteiger partial charge < -0.3 is 49.3 Å². The number of carbonyl (C=O) groups excluding carboxylic acids is 5. The molecule has 0 aromatic heterocycles. The number of hydrogen-bond donors (Lipinski definition) is 4. The van der Waals surface area contributed by atoms with Crippen molar-refractivity contribution in [2.24, 2.45) is 46.4 Å². The molecule has 17 nitrogen and oxygen atoms in total. The number of phenols is 1. The minimum Gasteiger partial charge on any atom is -0.507 e. The van der Waals surface area contributed by atoms with Crippen LogP contribution >= 0.6 is 8.46 Å². The van der Waals surface area contributed by atoms with E-state index in [9.17, 15) is 29.5 Å². The molecular formula is C60H77N4O13P. The number of aromatic hydroxyl groups is 1. The number of aliphatic imine (C=N–C) groups is 1. The van der Waals surface area contributed by atoms with E-state index in [0.717, 1.165) is 6.54 Å². The third-order valence-electron chi connectivity index (χ3n) is 16.6. The van der Waals surface area contributed by atoms with Crippen LogP contribution in [0.15, 0.2) is 89.1 Å². The molecule has 1 unspecified atom stereocenters. The Kier molecular flexibility index (Phi) is 18.6. The maximum Gasteiger partial charge on any atom is 0.416 e. The molecule has 0 saturated carbocycles. The van der Waals surface area contributed by atoms with Gasteiger partial charge in [0.05, 0.1) is 46.7 Å². The van der Waals surface area contributed by atoms with E-state index in [1.807, 2.05) is 33.8 Å². The number of Topliss-reactive ketones (excluding diaryl/α,β-unsaturated/α-hetero) is 2. The van der Waals surface area contributed by atoms with Crippen molar-refractivity contribution >= 4 is 44.0 Å². The average Bonchev–Trinajstić information content (AvgIpc) is 4.10. The molecule has 1 spiro atoms. The summed E-state index contributed by atoms with van der Waals surface area (Å²) in [5.74, 6) is -4.85. The Morgan fingerprint density at radius 3 is 2.27 bits per heavy atom. The maximum atomic E-state index is 15.4. The van der Waals surface area contributed by atoms with Crippen LogP contribution in [-0.4, -0.2) is 110 Å². The molecule has 1 aliphatic carbocycles. The van der Waals surface area contributed by atoms with E-state index in [2.05, 4.69) is 44.5 Å². The molecule has 1 fully saturated rings. The number of nitrogens with zero attached hydrogens (tertiary/aromatic N) is 3. The zero-order valence-corrected chi connectivity index (χ0v) is 47.7. The quantitative estimate of drug-likeness (QED) is 0.0881. The van der Waals surface area contributed by atoms with Crippen molar-refractivity contribution in [3.8, 4) is 17.2 Å². The second kappa shape index (κ2) is 24.4. The van der Waals surface area contributed by atoms with Gasteiger partial charge in [0.2, 0.25) is 5.78 Å². The van der Waals surface area contributed by atoms with Crippen molar-refractivity contribution in [1.29, 1.82) is 0 Å². The SMILES string of the molecule is C=C(CCCC(C=O)P=O)Oc1ccc(COC(=O)N2C3=C4NC(=O)/C(C)=C\C=C\[C@H](C)[C@H](O)[C@@H](C)[C@@H](O)[C@@H](C)[C@H](C)[C@H](C)[C@@H](C)/C=C/O[C@@]5(C)Oc6c(C)c(O)c(c(c6C5=O)C3=NC23CCN(CC(C)C)CC3)C4=O)cc1. The lowest BCUT2D eigenvalue weighted by Crippen LogP contribution is -2.55. The number of rotatable bonds is 12. The topological polar surface area (TPSA) is 231 Å². The molecule has 2 aromatic rings. The van der Waals surface area contributed by atoms with Gasteiger partial charge in [-0.2, -0.15) is 0 Å². The van der Waals surface area contributed by atoms with Crippen LogP contribution in [0, 0.1) is 48.3 Å². The first-order valence-corrected chi connectivity index (χ1v) is 28.1. The van der Waals surface area contributed by atoms with Gasteiger partial charge in [-0.05, 0) is 80.1 Å². The number of ether oxygens (including phenoxy) is 4. The van der Waals surface area contributed by atoms with Crippen LogP contribution in [0.25, 0.3) is 0 Å². The standard InChI is InChI=1S/C60H77N4O13P/c1-32(2)29-63-26-24-60(25-27-63)62-48-45-46-53(68)41(11)55-47(45)56(70)59(12,77-55)75-28-23-33(3)37(7)38(8)39(9)52(67)40(10)51(66)34(4)15-13-16-35(5)57(71)61-49(54(46)69)50(48)64(60)58(72)74-31-42-19-21-43(22-20-42)76-36(6)17-14-18-44(30-65)78-73/h13,15-16,19-23,28,30,32-34,37-40,44,51-52,66-68H,6,14,17-18,24-27,29,31H2,1-5,7-12H3,(H,61,71)/b15-13+,28-23+,35-16-/t33-,34-,37+,38+,39-,40+,44?,51-,52-,59-/m0/s1. The first-order valence-electron chi connectivity index (χ1n) is 27.2. The minimum absolute atomic E-state index is 0.00588. The molecule has 1 saturated heterocycles. The highest BCUT2D eigenvalue weighted by molar-refractivity contribution is 7.26. The lowest BCUT2D eigenvalue weighted by atomic mass is 9.72. The summed E-state index contributed by atoms with van der Waals surface area (Å²) in [5, 5.41) is 38.0. The van der Waals surface area contributed by atoms with Crippen LogP contribution in [0.2, 0.25) is 0 Å². The normalized spacial score (nSPS) is 29.5. The van der Waals surface area contributed by atoms with E-state index >= 15 is 14.4 Å². The number of carbonyl (C=O) groups is 5. The van der Waals surface area contributed by atoms with Gasteiger partial charge in [0.25, 0.3) is 11.7 Å². The number of likely N-dealkylation sites (tertiary alicyclic amines) is 1.